The summed E-state index contributed by atoms with van der Waals surface area (Å²) in [5.74, 6) is -0.377. The van der Waals surface area contributed by atoms with Gasteiger partial charge in [-0.15, -0.1) is 13.2 Å². The maximum Gasteiger partial charge on any atom is 0.573 e. The number of alkyl halides is 3. The molecule has 4 rings (SSSR count). The van der Waals surface area contributed by atoms with Crippen LogP contribution in [0, 0.1) is 5.92 Å². The molecule has 0 heterocycles. The van der Waals surface area contributed by atoms with Crippen molar-refractivity contribution in [3.8, 4) is 5.75 Å². The molecule has 2 aromatic carbocycles. The van der Waals surface area contributed by atoms with Gasteiger partial charge in [-0.3, -0.25) is 0 Å². The normalized spacial score (nSPS) is 17.9. The van der Waals surface area contributed by atoms with Gasteiger partial charge in [-0.1, -0.05) is 50.7 Å². The van der Waals surface area contributed by atoms with Gasteiger partial charge in [0.25, 0.3) is 0 Å². The second-order valence-electron chi connectivity index (χ2n) is 10.3. The molecule has 2 fully saturated rings. The van der Waals surface area contributed by atoms with Gasteiger partial charge in [0.2, 0.25) is 0 Å². The number of methoxy groups -OCH3 is 1. The van der Waals surface area contributed by atoms with Gasteiger partial charge in [-0.25, -0.2) is 9.59 Å². The molecule has 0 aromatic heterocycles. The Balaban J connectivity index is 1.62. The highest BCUT2D eigenvalue weighted by Crippen LogP contribution is 2.46. The summed E-state index contributed by atoms with van der Waals surface area (Å²) in [6, 6.07) is 12.0. The quantitative estimate of drug-likeness (QED) is 0.371. The number of ether oxygens (including phenoxy) is 2. The van der Waals surface area contributed by atoms with Crippen LogP contribution in [-0.4, -0.2) is 35.9 Å². The van der Waals surface area contributed by atoms with Crippen molar-refractivity contribution in [1.82, 2.24) is 4.90 Å². The lowest BCUT2D eigenvalue weighted by Gasteiger charge is -2.52. The third-order valence-electron chi connectivity index (χ3n) is 7.92. The second-order valence-corrected chi connectivity index (χ2v) is 10.3. The van der Waals surface area contributed by atoms with Crippen molar-refractivity contribution >= 4 is 17.7 Å². The smallest absolute Gasteiger partial charge is 0.465 e. The van der Waals surface area contributed by atoms with E-state index in [9.17, 15) is 22.8 Å². The van der Waals surface area contributed by atoms with E-state index in [1.807, 2.05) is 17.0 Å². The Morgan fingerprint density at radius 2 is 1.53 bits per heavy atom. The summed E-state index contributed by atoms with van der Waals surface area (Å²) in [6.45, 7) is 0.360. The number of carbonyl (C=O) groups is 2. The van der Waals surface area contributed by atoms with Gasteiger partial charge in [-0.2, -0.15) is 0 Å². The average molecular weight is 533 g/mol. The summed E-state index contributed by atoms with van der Waals surface area (Å²) in [4.78, 5) is 27.8. The maximum atomic E-state index is 13.9. The number of nitrogens with one attached hydrogen (secondary N) is 1. The topological polar surface area (TPSA) is 67.9 Å². The van der Waals surface area contributed by atoms with E-state index in [1.54, 1.807) is 12.1 Å². The zero-order valence-corrected chi connectivity index (χ0v) is 21.7. The van der Waals surface area contributed by atoms with Crippen LogP contribution in [0.3, 0.4) is 0 Å². The lowest BCUT2D eigenvalue weighted by molar-refractivity contribution is -0.274. The van der Waals surface area contributed by atoms with E-state index in [2.05, 4.69) is 10.1 Å². The van der Waals surface area contributed by atoms with Crippen LogP contribution >= 0.6 is 0 Å². The summed E-state index contributed by atoms with van der Waals surface area (Å²) in [5.41, 5.74) is 1.42. The molecule has 0 aliphatic heterocycles. The monoisotopic (exact) mass is 532 g/mol. The van der Waals surface area contributed by atoms with Crippen molar-refractivity contribution in [3.63, 3.8) is 0 Å². The summed E-state index contributed by atoms with van der Waals surface area (Å²) in [6.07, 6.45) is 5.95. The lowest BCUT2D eigenvalue weighted by atomic mass is 9.66. The fraction of sp³-hybridized carbons (Fsp3) is 0.517. The first-order chi connectivity index (χ1) is 18.2. The minimum absolute atomic E-state index is 0.279. The Morgan fingerprint density at radius 1 is 0.921 bits per heavy atom. The molecule has 2 amide bonds. The highest BCUT2D eigenvalue weighted by atomic mass is 19.4. The molecule has 2 aliphatic carbocycles. The predicted octanol–water partition coefficient (Wildman–Crippen LogP) is 7.69. The zero-order chi connectivity index (χ0) is 27.2. The number of hydrogen-bond donors (Lipinski definition) is 1. The van der Waals surface area contributed by atoms with Crippen LogP contribution in [0.15, 0.2) is 48.5 Å². The number of nitrogens with zero attached hydrogens (tertiary/aromatic N) is 1. The molecule has 0 radical (unpaired) electrons. The molecule has 9 heteroatoms. The molecule has 6 nitrogen and oxygen atoms in total. The van der Waals surface area contributed by atoms with Crippen LogP contribution in [0.1, 0.15) is 80.1 Å². The number of benzene rings is 2. The second kappa shape index (κ2) is 12.1. The van der Waals surface area contributed by atoms with Crippen molar-refractivity contribution in [2.75, 3.05) is 12.4 Å². The molecule has 1 N–H and O–H groups in total. The van der Waals surface area contributed by atoms with E-state index in [1.165, 1.54) is 37.8 Å². The Bertz CT molecular complexity index is 1070. The van der Waals surface area contributed by atoms with Crippen molar-refractivity contribution < 1.29 is 32.2 Å². The summed E-state index contributed by atoms with van der Waals surface area (Å²) in [5, 5.41) is 2.93. The van der Waals surface area contributed by atoms with Crippen molar-refractivity contribution in [2.24, 2.45) is 5.92 Å². The first kappa shape index (κ1) is 27.8. The van der Waals surface area contributed by atoms with E-state index in [0.29, 0.717) is 23.7 Å². The molecule has 38 heavy (non-hydrogen) atoms. The summed E-state index contributed by atoms with van der Waals surface area (Å²) in [7, 11) is 1.33. The number of anilines is 1. The van der Waals surface area contributed by atoms with E-state index >= 15 is 0 Å². The zero-order valence-electron chi connectivity index (χ0n) is 21.7. The fourth-order valence-electron chi connectivity index (χ4n) is 6.11. The molecule has 0 atom stereocenters. The third kappa shape index (κ3) is 6.79. The molecule has 0 spiro atoms. The van der Waals surface area contributed by atoms with Crippen molar-refractivity contribution in [1.29, 1.82) is 0 Å². The van der Waals surface area contributed by atoms with Crippen LogP contribution in [0.4, 0.5) is 23.7 Å². The Morgan fingerprint density at radius 3 is 2.11 bits per heavy atom. The fourth-order valence-corrected chi connectivity index (χ4v) is 6.11. The van der Waals surface area contributed by atoms with Gasteiger partial charge in [0.1, 0.15) is 5.75 Å². The standard InChI is InChI=1S/C29H35F3N2O4/c1-37-26(35)22-12-10-21(11-13-22)20-34(28(18-6-3-7-19-28)23-8-4-2-5-9-23)27(36)33-24-14-16-25(17-15-24)38-29(30,31)32/h10-17,23H,2-9,18-20H2,1H3,(H,33,36). The number of hydrogen-bond acceptors (Lipinski definition) is 4. The molecule has 206 valence electrons. The lowest BCUT2D eigenvalue weighted by Crippen LogP contribution is -2.58. The minimum atomic E-state index is -4.78. The first-order valence-electron chi connectivity index (χ1n) is 13.3. The van der Waals surface area contributed by atoms with Crippen molar-refractivity contribution in [3.05, 3.63) is 59.7 Å². The van der Waals surface area contributed by atoms with Gasteiger partial charge >= 0.3 is 18.4 Å². The molecule has 0 saturated heterocycles. The van der Waals surface area contributed by atoms with Crippen LogP contribution in [0.25, 0.3) is 0 Å². The van der Waals surface area contributed by atoms with Crippen LogP contribution in [0.2, 0.25) is 0 Å². The van der Waals surface area contributed by atoms with E-state index < -0.39 is 12.3 Å². The SMILES string of the molecule is COC(=O)c1ccc(CN(C(=O)Nc2ccc(OC(F)(F)F)cc2)C2(C3CCCCC3)CCCCC2)cc1. The highest BCUT2D eigenvalue weighted by Gasteiger charge is 2.46. The average Bonchev–Trinajstić information content (AvgIpc) is 2.92. The summed E-state index contributed by atoms with van der Waals surface area (Å²) >= 11 is 0. The van der Waals surface area contributed by atoms with Gasteiger partial charge in [-0.05, 0) is 73.6 Å². The first-order valence-corrected chi connectivity index (χ1v) is 13.3. The molecule has 2 aliphatic rings. The Kier molecular flexibility index (Phi) is 8.84. The van der Waals surface area contributed by atoms with Crippen molar-refractivity contribution in [2.45, 2.75) is 82.7 Å². The third-order valence-corrected chi connectivity index (χ3v) is 7.92. The largest absolute Gasteiger partial charge is 0.573 e. The molecular weight excluding hydrogens is 497 g/mol. The maximum absolute atomic E-state index is 13.9. The van der Waals surface area contributed by atoms with E-state index in [4.69, 9.17) is 4.74 Å². The van der Waals surface area contributed by atoms with Gasteiger partial charge < -0.3 is 19.7 Å². The molecule has 2 aromatic rings. The van der Waals surface area contributed by atoms with Gasteiger partial charge in [0.15, 0.2) is 0 Å². The minimum Gasteiger partial charge on any atom is -0.465 e. The molecule has 0 bridgehead atoms. The number of urea groups is 1. The summed E-state index contributed by atoms with van der Waals surface area (Å²) < 4.78 is 46.4. The van der Waals surface area contributed by atoms with Gasteiger partial charge in [0, 0.05) is 17.8 Å². The number of halogens is 3. The van der Waals surface area contributed by atoms with Crippen LogP contribution in [-0.2, 0) is 11.3 Å². The Labute approximate surface area is 221 Å². The Hall–Kier alpha value is -3.23. The molecule has 2 saturated carbocycles. The van der Waals surface area contributed by atoms with Crippen LogP contribution in [0.5, 0.6) is 5.75 Å². The number of carbonyl (C=O) groups excluding carboxylic acids is 2. The number of rotatable bonds is 7. The van der Waals surface area contributed by atoms with Gasteiger partial charge in [0.05, 0.1) is 12.7 Å². The predicted molar refractivity (Wildman–Crippen MR) is 138 cm³/mol. The number of esters is 1. The van der Waals surface area contributed by atoms with Crippen LogP contribution < -0.4 is 10.1 Å². The number of amides is 2. The van der Waals surface area contributed by atoms with E-state index in [-0.39, 0.29) is 17.3 Å². The highest BCUT2D eigenvalue weighted by molar-refractivity contribution is 5.90. The molecular formula is C29H35F3N2O4. The van der Waals surface area contributed by atoms with E-state index in [0.717, 1.165) is 63.4 Å². The molecule has 0 unspecified atom stereocenters.